The van der Waals surface area contributed by atoms with E-state index in [1.807, 2.05) is 35.3 Å². The average molecular weight is 242 g/mol. The Bertz CT molecular complexity index is 526. The van der Waals surface area contributed by atoms with E-state index in [0.717, 1.165) is 17.1 Å². The molecule has 0 aliphatic heterocycles. The van der Waals surface area contributed by atoms with Gasteiger partial charge in [-0.25, -0.2) is 9.67 Å². The molecule has 18 heavy (non-hydrogen) atoms. The minimum absolute atomic E-state index is 0.529. The van der Waals surface area contributed by atoms with Crippen LogP contribution in [0.5, 0.6) is 0 Å². The highest BCUT2D eigenvalue weighted by Crippen LogP contribution is 2.28. The maximum Gasteiger partial charge on any atom is 0.181 e. The second-order valence-electron chi connectivity index (χ2n) is 4.97. The first-order chi connectivity index (χ1) is 8.83. The summed E-state index contributed by atoms with van der Waals surface area (Å²) in [5, 5.41) is 4.60. The highest BCUT2D eigenvalue weighted by Gasteiger charge is 2.16. The summed E-state index contributed by atoms with van der Waals surface area (Å²) in [5.74, 6) is 0.771. The number of nitrogen functional groups attached to an aromatic ring is 1. The molecule has 94 valence electrons. The average Bonchev–Trinajstić information content (AvgIpc) is 2.89. The van der Waals surface area contributed by atoms with Crippen molar-refractivity contribution in [2.24, 2.45) is 0 Å². The molecule has 2 aromatic rings. The molecular formula is C14H18N4. The Labute approximate surface area is 107 Å². The highest BCUT2D eigenvalue weighted by molar-refractivity contribution is 5.60. The van der Waals surface area contributed by atoms with E-state index in [9.17, 15) is 0 Å². The third kappa shape index (κ3) is 2.23. The number of nitrogens with two attached hydrogens (primary N) is 1. The van der Waals surface area contributed by atoms with Gasteiger partial charge in [0.05, 0.1) is 6.04 Å². The van der Waals surface area contributed by atoms with Crippen molar-refractivity contribution in [3.8, 4) is 11.4 Å². The maximum atomic E-state index is 5.78. The lowest BCUT2D eigenvalue weighted by atomic mass is 9.96. The number of benzene rings is 1. The zero-order valence-corrected chi connectivity index (χ0v) is 10.4. The predicted octanol–water partition coefficient (Wildman–Crippen LogP) is 3.03. The van der Waals surface area contributed by atoms with Gasteiger partial charge in [-0.15, -0.1) is 0 Å². The Kier molecular flexibility index (Phi) is 3.00. The highest BCUT2D eigenvalue weighted by atomic mass is 15.3. The van der Waals surface area contributed by atoms with E-state index >= 15 is 0 Å². The molecular weight excluding hydrogens is 224 g/mol. The molecule has 0 radical (unpaired) electrons. The quantitative estimate of drug-likeness (QED) is 0.823. The van der Waals surface area contributed by atoms with Gasteiger partial charge >= 0.3 is 0 Å². The number of anilines is 1. The normalized spacial score (nSPS) is 16.9. The van der Waals surface area contributed by atoms with Crippen molar-refractivity contribution in [3.05, 3.63) is 30.6 Å². The third-order valence-corrected chi connectivity index (χ3v) is 3.60. The molecule has 1 saturated carbocycles. The minimum atomic E-state index is 0.529. The van der Waals surface area contributed by atoms with Crippen LogP contribution in [-0.4, -0.2) is 14.8 Å². The first kappa shape index (κ1) is 11.3. The summed E-state index contributed by atoms with van der Waals surface area (Å²) >= 11 is 0. The fourth-order valence-electron chi connectivity index (χ4n) is 2.61. The van der Waals surface area contributed by atoms with E-state index in [1.165, 1.54) is 32.1 Å². The third-order valence-electron chi connectivity index (χ3n) is 3.60. The summed E-state index contributed by atoms with van der Waals surface area (Å²) in [6, 6.07) is 8.26. The van der Waals surface area contributed by atoms with E-state index in [0.29, 0.717) is 6.04 Å². The monoisotopic (exact) mass is 242 g/mol. The van der Waals surface area contributed by atoms with Gasteiger partial charge in [0.15, 0.2) is 5.82 Å². The van der Waals surface area contributed by atoms with E-state index in [4.69, 9.17) is 5.73 Å². The molecule has 2 N–H and O–H groups in total. The summed E-state index contributed by atoms with van der Waals surface area (Å²) in [6.45, 7) is 0. The predicted molar refractivity (Wildman–Crippen MR) is 72.0 cm³/mol. The van der Waals surface area contributed by atoms with Crippen LogP contribution in [0, 0.1) is 0 Å². The smallest absolute Gasteiger partial charge is 0.181 e. The van der Waals surface area contributed by atoms with Gasteiger partial charge in [0.25, 0.3) is 0 Å². The van der Waals surface area contributed by atoms with Gasteiger partial charge in [0, 0.05) is 11.3 Å². The number of nitrogens with zero attached hydrogens (tertiary/aromatic N) is 3. The van der Waals surface area contributed by atoms with Gasteiger partial charge in [0.1, 0.15) is 6.33 Å². The molecule has 0 saturated heterocycles. The molecule has 0 bridgehead atoms. The number of hydrogen-bond donors (Lipinski definition) is 1. The summed E-state index contributed by atoms with van der Waals surface area (Å²) in [4.78, 5) is 4.40. The van der Waals surface area contributed by atoms with E-state index < -0.39 is 0 Å². The molecule has 1 heterocycles. The first-order valence-electron chi connectivity index (χ1n) is 6.60. The Morgan fingerprint density at radius 2 is 2.00 bits per heavy atom. The van der Waals surface area contributed by atoms with Crippen molar-refractivity contribution in [3.63, 3.8) is 0 Å². The zero-order valence-electron chi connectivity index (χ0n) is 10.4. The van der Waals surface area contributed by atoms with Crippen LogP contribution in [0.4, 0.5) is 5.69 Å². The van der Waals surface area contributed by atoms with Crippen LogP contribution < -0.4 is 5.73 Å². The fourth-order valence-corrected chi connectivity index (χ4v) is 2.61. The molecule has 1 fully saturated rings. The van der Waals surface area contributed by atoms with E-state index in [1.54, 1.807) is 0 Å². The fraction of sp³-hybridized carbons (Fsp3) is 0.429. The lowest BCUT2D eigenvalue weighted by Gasteiger charge is -2.21. The van der Waals surface area contributed by atoms with Gasteiger partial charge in [-0.05, 0) is 25.0 Å². The van der Waals surface area contributed by atoms with Crippen LogP contribution >= 0.6 is 0 Å². The molecule has 1 aromatic carbocycles. The number of hydrogen-bond acceptors (Lipinski definition) is 3. The van der Waals surface area contributed by atoms with Crippen LogP contribution in [-0.2, 0) is 0 Å². The van der Waals surface area contributed by atoms with Crippen LogP contribution in [0.25, 0.3) is 11.4 Å². The second kappa shape index (κ2) is 4.80. The van der Waals surface area contributed by atoms with Crippen molar-refractivity contribution < 1.29 is 0 Å². The summed E-state index contributed by atoms with van der Waals surface area (Å²) in [5.41, 5.74) is 7.52. The molecule has 0 amide bonds. The van der Waals surface area contributed by atoms with E-state index in [-0.39, 0.29) is 0 Å². The lowest BCUT2D eigenvalue weighted by Crippen LogP contribution is -2.13. The first-order valence-corrected chi connectivity index (χ1v) is 6.60. The SMILES string of the molecule is Nc1cccc(-c2ncn(C3CCCCC3)n2)c1. The van der Waals surface area contributed by atoms with Crippen molar-refractivity contribution >= 4 is 5.69 Å². The summed E-state index contributed by atoms with van der Waals surface area (Å²) < 4.78 is 2.03. The van der Waals surface area contributed by atoms with Crippen molar-refractivity contribution in [2.45, 2.75) is 38.1 Å². The molecule has 3 rings (SSSR count). The standard InChI is InChI=1S/C14H18N4/c15-12-6-4-5-11(9-12)14-16-10-18(17-14)13-7-2-1-3-8-13/h4-6,9-10,13H,1-3,7-8,15H2. The van der Waals surface area contributed by atoms with Crippen molar-refractivity contribution in [1.82, 2.24) is 14.8 Å². The molecule has 0 spiro atoms. The van der Waals surface area contributed by atoms with Gasteiger partial charge in [-0.3, -0.25) is 0 Å². The molecule has 4 nitrogen and oxygen atoms in total. The molecule has 0 atom stereocenters. The Morgan fingerprint density at radius 3 is 2.78 bits per heavy atom. The van der Waals surface area contributed by atoms with Gasteiger partial charge in [-0.1, -0.05) is 31.4 Å². The Morgan fingerprint density at radius 1 is 1.17 bits per heavy atom. The van der Waals surface area contributed by atoms with Gasteiger partial charge in [0.2, 0.25) is 0 Å². The number of rotatable bonds is 2. The molecule has 4 heteroatoms. The van der Waals surface area contributed by atoms with Crippen LogP contribution in [0.3, 0.4) is 0 Å². The van der Waals surface area contributed by atoms with Gasteiger partial charge < -0.3 is 5.73 Å². The van der Waals surface area contributed by atoms with Crippen LogP contribution in [0.2, 0.25) is 0 Å². The number of aromatic nitrogens is 3. The maximum absolute atomic E-state index is 5.78. The Hall–Kier alpha value is -1.84. The second-order valence-corrected chi connectivity index (χ2v) is 4.97. The molecule has 1 aromatic heterocycles. The van der Waals surface area contributed by atoms with E-state index in [2.05, 4.69) is 10.1 Å². The topological polar surface area (TPSA) is 56.7 Å². The largest absolute Gasteiger partial charge is 0.399 e. The molecule has 0 unspecified atom stereocenters. The minimum Gasteiger partial charge on any atom is -0.399 e. The lowest BCUT2D eigenvalue weighted by molar-refractivity contribution is 0.329. The summed E-state index contributed by atoms with van der Waals surface area (Å²) in [7, 11) is 0. The van der Waals surface area contributed by atoms with Crippen LogP contribution in [0.1, 0.15) is 38.1 Å². The molecule has 1 aliphatic carbocycles. The summed E-state index contributed by atoms with van der Waals surface area (Å²) in [6.07, 6.45) is 8.26. The van der Waals surface area contributed by atoms with Crippen LogP contribution in [0.15, 0.2) is 30.6 Å². The molecule has 1 aliphatic rings. The Balaban J connectivity index is 1.84. The zero-order chi connectivity index (χ0) is 12.4. The van der Waals surface area contributed by atoms with Gasteiger partial charge in [-0.2, -0.15) is 5.10 Å². The van der Waals surface area contributed by atoms with Crippen molar-refractivity contribution in [2.75, 3.05) is 5.73 Å². The van der Waals surface area contributed by atoms with Crippen molar-refractivity contribution in [1.29, 1.82) is 0 Å².